The van der Waals surface area contributed by atoms with Gasteiger partial charge >= 0.3 is 6.09 Å². The van der Waals surface area contributed by atoms with Gasteiger partial charge in [0.1, 0.15) is 23.1 Å². The third-order valence-electron chi connectivity index (χ3n) is 7.06. The van der Waals surface area contributed by atoms with Crippen LogP contribution in [0.1, 0.15) is 56.2 Å². The van der Waals surface area contributed by atoms with Gasteiger partial charge in [0.05, 0.1) is 61.2 Å². The molecule has 0 radical (unpaired) electrons. The zero-order valence-electron chi connectivity index (χ0n) is 24.5. The Labute approximate surface area is 258 Å². The number of morpholine rings is 1. The van der Waals surface area contributed by atoms with Crippen molar-refractivity contribution in [2.24, 2.45) is 0 Å². The maximum Gasteiger partial charge on any atom is 0.410 e. The van der Waals surface area contributed by atoms with Crippen LogP contribution in [-0.4, -0.2) is 69.5 Å². The predicted molar refractivity (Wildman–Crippen MR) is 157 cm³/mol. The molecule has 13 heteroatoms. The first-order chi connectivity index (χ1) is 20.8. The topological polar surface area (TPSA) is 114 Å². The zero-order chi connectivity index (χ0) is 32.0. The lowest BCUT2D eigenvalue weighted by atomic mass is 9.89. The fourth-order valence-electron chi connectivity index (χ4n) is 4.92. The predicted octanol–water partition coefficient (Wildman–Crippen LogP) is 5.64. The first-order valence-corrected chi connectivity index (χ1v) is 14.4. The quantitative estimate of drug-likeness (QED) is 0.313. The number of aliphatic hydroxyl groups is 1. The molecule has 0 bridgehead atoms. The van der Waals surface area contributed by atoms with E-state index in [9.17, 15) is 23.5 Å². The minimum atomic E-state index is -0.788. The summed E-state index contributed by atoms with van der Waals surface area (Å²) in [7, 11) is 0. The average molecular weight is 635 g/mol. The molecule has 1 aromatic carbocycles. The van der Waals surface area contributed by atoms with Crippen molar-refractivity contribution in [1.82, 2.24) is 14.9 Å². The van der Waals surface area contributed by atoms with E-state index >= 15 is 4.39 Å². The molecule has 0 aliphatic carbocycles. The first-order valence-electron chi connectivity index (χ1n) is 14.0. The fourth-order valence-corrected chi connectivity index (χ4v) is 5.04. The third-order valence-corrected chi connectivity index (χ3v) is 7.37. The van der Waals surface area contributed by atoms with Crippen molar-refractivity contribution >= 4 is 29.3 Å². The van der Waals surface area contributed by atoms with Crippen molar-refractivity contribution < 1.29 is 37.3 Å². The van der Waals surface area contributed by atoms with Gasteiger partial charge in [0.15, 0.2) is 0 Å². The molecular weight excluding hydrogens is 601 g/mol. The minimum Gasteiger partial charge on any atom is -0.444 e. The van der Waals surface area contributed by atoms with E-state index in [1.165, 1.54) is 41.6 Å². The number of hydrogen-bond acceptors (Lipinski definition) is 7. The van der Waals surface area contributed by atoms with Gasteiger partial charge in [-0.25, -0.2) is 18.0 Å². The molecule has 3 aromatic rings. The standard InChI is InChI=1S/C31H34ClF3N4O5/c1-31(2,3)44-30(42)39-15-22(43-17-21(39)16-40)5-6-23-27(35)13-37-14-28(23)38-29(41)10-24(19-8-20(33)12-36-11-19)18-4-7-25(32)26(34)9-18/h4,7-9,11-14,21-22,24,40H,5-6,10,15-17H2,1-3H3,(H,38,41). The highest BCUT2D eigenvalue weighted by atomic mass is 35.5. The second-order valence-corrected chi connectivity index (χ2v) is 11.9. The highest BCUT2D eigenvalue weighted by molar-refractivity contribution is 6.30. The Bertz CT molecular complexity index is 1490. The summed E-state index contributed by atoms with van der Waals surface area (Å²) in [6, 6.07) is 4.68. The van der Waals surface area contributed by atoms with Crippen LogP contribution in [0.5, 0.6) is 0 Å². The summed E-state index contributed by atoms with van der Waals surface area (Å²) >= 11 is 5.84. The van der Waals surface area contributed by atoms with Crippen LogP contribution in [0.4, 0.5) is 23.7 Å². The van der Waals surface area contributed by atoms with E-state index in [0.717, 1.165) is 12.4 Å². The number of amides is 2. The maximum absolute atomic E-state index is 15.0. The van der Waals surface area contributed by atoms with Gasteiger partial charge in [-0.05, 0) is 62.9 Å². The van der Waals surface area contributed by atoms with Crippen molar-refractivity contribution in [2.45, 2.75) is 63.7 Å². The number of benzene rings is 1. The van der Waals surface area contributed by atoms with Crippen molar-refractivity contribution in [1.29, 1.82) is 0 Å². The van der Waals surface area contributed by atoms with E-state index in [1.807, 2.05) is 0 Å². The van der Waals surface area contributed by atoms with E-state index in [1.54, 1.807) is 20.8 Å². The summed E-state index contributed by atoms with van der Waals surface area (Å²) in [6.07, 6.45) is 3.81. The van der Waals surface area contributed by atoms with Gasteiger partial charge in [0.2, 0.25) is 5.91 Å². The lowest BCUT2D eigenvalue weighted by molar-refractivity contribution is -0.116. The summed E-state index contributed by atoms with van der Waals surface area (Å²) in [5.74, 6) is -3.32. The number of nitrogens with zero attached hydrogens (tertiary/aromatic N) is 3. The molecule has 1 fully saturated rings. The molecular formula is C31H34ClF3N4O5. The zero-order valence-corrected chi connectivity index (χ0v) is 25.3. The van der Waals surface area contributed by atoms with E-state index in [-0.39, 0.29) is 55.3 Å². The second-order valence-electron chi connectivity index (χ2n) is 11.5. The monoisotopic (exact) mass is 634 g/mol. The smallest absolute Gasteiger partial charge is 0.410 e. The number of aromatic nitrogens is 2. The molecule has 236 valence electrons. The highest BCUT2D eigenvalue weighted by Gasteiger charge is 2.35. The number of nitrogens with one attached hydrogen (secondary N) is 1. The van der Waals surface area contributed by atoms with Crippen LogP contribution in [0, 0.1) is 17.5 Å². The molecule has 4 rings (SSSR count). The van der Waals surface area contributed by atoms with Gasteiger partial charge < -0.3 is 19.9 Å². The van der Waals surface area contributed by atoms with Crippen molar-refractivity contribution in [3.8, 4) is 0 Å². The van der Waals surface area contributed by atoms with Crippen LogP contribution in [0.25, 0.3) is 0 Å². The molecule has 0 saturated carbocycles. The number of anilines is 1. The van der Waals surface area contributed by atoms with Crippen LogP contribution in [0.2, 0.25) is 5.02 Å². The van der Waals surface area contributed by atoms with Crippen molar-refractivity contribution in [3.05, 3.63) is 88.2 Å². The van der Waals surface area contributed by atoms with Crippen LogP contribution >= 0.6 is 11.6 Å². The number of pyridine rings is 2. The molecule has 3 atom stereocenters. The van der Waals surface area contributed by atoms with E-state index in [4.69, 9.17) is 21.1 Å². The van der Waals surface area contributed by atoms with E-state index in [2.05, 4.69) is 15.3 Å². The molecule has 9 nitrogen and oxygen atoms in total. The van der Waals surface area contributed by atoms with Crippen molar-refractivity contribution in [3.63, 3.8) is 0 Å². The van der Waals surface area contributed by atoms with Gasteiger partial charge in [-0.3, -0.25) is 19.7 Å². The minimum absolute atomic E-state index is 0.0739. The van der Waals surface area contributed by atoms with Crippen LogP contribution in [0.3, 0.4) is 0 Å². The summed E-state index contributed by atoms with van der Waals surface area (Å²) in [6.45, 7) is 5.11. The van der Waals surface area contributed by atoms with E-state index in [0.29, 0.717) is 11.1 Å². The Kier molecular flexibility index (Phi) is 10.8. The molecule has 3 unspecified atom stereocenters. The van der Waals surface area contributed by atoms with Crippen LogP contribution < -0.4 is 5.32 Å². The summed E-state index contributed by atoms with van der Waals surface area (Å²) in [5.41, 5.74) is 0.277. The molecule has 1 aliphatic heterocycles. The molecule has 2 N–H and O–H groups in total. The fraction of sp³-hybridized carbons (Fsp3) is 0.419. The van der Waals surface area contributed by atoms with Crippen LogP contribution in [-0.2, 0) is 20.7 Å². The Morgan fingerprint density at radius 2 is 1.86 bits per heavy atom. The molecule has 2 amide bonds. The van der Waals surface area contributed by atoms with Crippen LogP contribution in [0.15, 0.2) is 49.1 Å². The SMILES string of the molecule is CC(C)(C)OC(=O)N1CC(CCc2c(F)cncc2NC(=O)CC(c2cncc(F)c2)c2ccc(Cl)c(F)c2)OCC1CO. The number of rotatable bonds is 9. The van der Waals surface area contributed by atoms with Crippen molar-refractivity contribution in [2.75, 3.05) is 25.1 Å². The molecule has 44 heavy (non-hydrogen) atoms. The largest absolute Gasteiger partial charge is 0.444 e. The lowest BCUT2D eigenvalue weighted by Crippen LogP contribution is -2.55. The Morgan fingerprint density at radius 1 is 1.11 bits per heavy atom. The third kappa shape index (κ3) is 8.67. The van der Waals surface area contributed by atoms with Gasteiger partial charge in [-0.1, -0.05) is 17.7 Å². The van der Waals surface area contributed by atoms with Gasteiger partial charge in [-0.15, -0.1) is 0 Å². The van der Waals surface area contributed by atoms with Gasteiger partial charge in [-0.2, -0.15) is 0 Å². The number of hydrogen-bond donors (Lipinski definition) is 2. The molecule has 1 saturated heterocycles. The molecule has 2 aromatic heterocycles. The Balaban J connectivity index is 1.48. The highest BCUT2D eigenvalue weighted by Crippen LogP contribution is 2.31. The Morgan fingerprint density at radius 3 is 2.55 bits per heavy atom. The van der Waals surface area contributed by atoms with E-state index < -0.39 is 53.1 Å². The second kappa shape index (κ2) is 14.4. The summed E-state index contributed by atoms with van der Waals surface area (Å²) in [4.78, 5) is 35.2. The number of carbonyl (C=O) groups excluding carboxylic acids is 2. The number of halogens is 4. The lowest BCUT2D eigenvalue weighted by Gasteiger charge is -2.39. The summed E-state index contributed by atoms with van der Waals surface area (Å²) in [5, 5.41) is 12.3. The molecule has 3 heterocycles. The maximum atomic E-state index is 15.0. The number of aliphatic hydroxyl groups excluding tert-OH is 1. The molecule has 0 spiro atoms. The number of ether oxygens (including phenoxy) is 2. The normalized spacial score (nSPS) is 17.7. The Hall–Kier alpha value is -3.74. The van der Waals surface area contributed by atoms with Gasteiger partial charge in [0.25, 0.3) is 0 Å². The first kappa shape index (κ1) is 33.2. The summed E-state index contributed by atoms with van der Waals surface area (Å²) < 4.78 is 54.7. The van der Waals surface area contributed by atoms with Gasteiger partial charge in [0, 0.05) is 24.1 Å². The average Bonchev–Trinajstić information content (AvgIpc) is 2.96. The number of carbonyl (C=O) groups is 2. The molecule has 1 aliphatic rings.